The summed E-state index contributed by atoms with van der Waals surface area (Å²) in [5.41, 5.74) is 4.12. The molecule has 12 heavy (non-hydrogen) atoms. The molecule has 2 aliphatic carbocycles. The molecule has 0 spiro atoms. The van der Waals surface area contributed by atoms with E-state index < -0.39 is 0 Å². The number of fused-ring (bicyclic) bond motifs is 1. The third-order valence-corrected chi connectivity index (χ3v) is 2.20. The third-order valence-electron chi connectivity index (χ3n) is 2.20. The summed E-state index contributed by atoms with van der Waals surface area (Å²) in [7, 11) is 0. The molecule has 0 aromatic heterocycles. The molecule has 0 unspecified atom stereocenters. The zero-order chi connectivity index (χ0) is 8.39. The van der Waals surface area contributed by atoms with E-state index in [4.69, 9.17) is 0 Å². The van der Waals surface area contributed by atoms with Crippen LogP contribution in [0.5, 0.6) is 0 Å². The predicted octanol–water partition coefficient (Wildman–Crippen LogP) is 3.35. The Morgan fingerprint density at radius 1 is 0.917 bits per heavy atom. The molecule has 0 saturated carbocycles. The molecule has 60 valence electrons. The lowest BCUT2D eigenvalue weighted by molar-refractivity contribution is 1.15. The minimum Gasteiger partial charge on any atom is -0.0622 e. The van der Waals surface area contributed by atoms with Gasteiger partial charge in [0.25, 0.3) is 0 Å². The molecular formula is C12H12. The lowest BCUT2D eigenvalue weighted by Crippen LogP contribution is -1.67. The van der Waals surface area contributed by atoms with Crippen molar-refractivity contribution in [2.24, 2.45) is 0 Å². The van der Waals surface area contributed by atoms with E-state index in [1.54, 1.807) is 0 Å². The van der Waals surface area contributed by atoms with E-state index in [9.17, 15) is 0 Å². The van der Waals surface area contributed by atoms with Gasteiger partial charge in [-0.15, -0.1) is 0 Å². The summed E-state index contributed by atoms with van der Waals surface area (Å²) in [6.45, 7) is 2.19. The SMILES string of the molecule is CCc1cc2cccccc-2c1. The Labute approximate surface area is 73.2 Å². The van der Waals surface area contributed by atoms with E-state index in [1.165, 1.54) is 16.7 Å². The maximum absolute atomic E-state index is 2.26. The normalized spacial score (nSPS) is 10.4. The van der Waals surface area contributed by atoms with Crippen LogP contribution in [0.2, 0.25) is 0 Å². The minimum atomic E-state index is 1.12. The first-order chi connectivity index (χ1) is 5.90. The zero-order valence-corrected chi connectivity index (χ0v) is 7.25. The van der Waals surface area contributed by atoms with Crippen molar-refractivity contribution in [2.75, 3.05) is 0 Å². The van der Waals surface area contributed by atoms with Crippen LogP contribution in [0.1, 0.15) is 12.5 Å². The third kappa shape index (κ3) is 1.20. The van der Waals surface area contributed by atoms with Gasteiger partial charge in [-0.3, -0.25) is 0 Å². The molecule has 2 rings (SSSR count). The van der Waals surface area contributed by atoms with E-state index in [0.29, 0.717) is 0 Å². The molecule has 0 aromatic carbocycles. The zero-order valence-electron chi connectivity index (χ0n) is 7.25. The Bertz CT molecular complexity index is 319. The lowest BCUT2D eigenvalue weighted by atomic mass is 10.2. The highest BCUT2D eigenvalue weighted by Gasteiger charge is 2.01. The van der Waals surface area contributed by atoms with Crippen molar-refractivity contribution < 1.29 is 0 Å². The highest BCUT2D eigenvalue weighted by Crippen LogP contribution is 2.24. The molecule has 0 bridgehead atoms. The maximum atomic E-state index is 2.26. The van der Waals surface area contributed by atoms with Crippen LogP contribution < -0.4 is 0 Å². The molecule has 0 aromatic rings. The van der Waals surface area contributed by atoms with Gasteiger partial charge < -0.3 is 0 Å². The average molecular weight is 156 g/mol. The van der Waals surface area contributed by atoms with E-state index in [2.05, 4.69) is 49.4 Å². The second kappa shape index (κ2) is 2.98. The minimum absolute atomic E-state index is 1.12. The molecule has 0 fully saturated rings. The topological polar surface area (TPSA) is 0 Å². The molecule has 0 atom stereocenters. The number of aryl methyl sites for hydroxylation is 1. The largest absolute Gasteiger partial charge is 0.0622 e. The summed E-state index contributed by atoms with van der Waals surface area (Å²) in [5.74, 6) is 0. The molecule has 0 heteroatoms. The Morgan fingerprint density at radius 3 is 2.00 bits per heavy atom. The first kappa shape index (κ1) is 7.35. The Hall–Kier alpha value is -1.30. The van der Waals surface area contributed by atoms with Gasteiger partial charge >= 0.3 is 0 Å². The molecular weight excluding hydrogens is 144 g/mol. The summed E-state index contributed by atoms with van der Waals surface area (Å²) in [4.78, 5) is 0. The molecule has 0 nitrogen and oxygen atoms in total. The van der Waals surface area contributed by atoms with E-state index in [1.807, 2.05) is 0 Å². The van der Waals surface area contributed by atoms with Crippen molar-refractivity contribution in [3.63, 3.8) is 0 Å². The fraction of sp³-hybridized carbons (Fsp3) is 0.167. The van der Waals surface area contributed by atoms with Crippen molar-refractivity contribution in [1.29, 1.82) is 0 Å². The molecule has 0 saturated heterocycles. The lowest BCUT2D eigenvalue weighted by Gasteiger charge is -1.85. The second-order valence-electron chi connectivity index (χ2n) is 3.04. The van der Waals surface area contributed by atoms with Gasteiger partial charge in [-0.25, -0.2) is 0 Å². The molecule has 0 amide bonds. The van der Waals surface area contributed by atoms with Gasteiger partial charge in [0.1, 0.15) is 0 Å². The van der Waals surface area contributed by atoms with Gasteiger partial charge in [-0.05, 0) is 23.1 Å². The first-order valence-electron chi connectivity index (χ1n) is 4.38. The van der Waals surface area contributed by atoms with E-state index in [-0.39, 0.29) is 0 Å². The van der Waals surface area contributed by atoms with Crippen LogP contribution in [0.3, 0.4) is 0 Å². The number of rotatable bonds is 1. The number of hydrogen-bond acceptors (Lipinski definition) is 0. The van der Waals surface area contributed by atoms with Gasteiger partial charge in [0.2, 0.25) is 0 Å². The van der Waals surface area contributed by atoms with Gasteiger partial charge in [-0.1, -0.05) is 49.4 Å². The quantitative estimate of drug-likeness (QED) is 0.594. The molecule has 0 radical (unpaired) electrons. The van der Waals surface area contributed by atoms with Crippen LogP contribution in [-0.4, -0.2) is 0 Å². The molecule has 0 N–H and O–H groups in total. The van der Waals surface area contributed by atoms with Crippen molar-refractivity contribution >= 4 is 0 Å². The summed E-state index contributed by atoms with van der Waals surface area (Å²) in [6.07, 6.45) is 1.12. The van der Waals surface area contributed by atoms with Gasteiger partial charge in [0.05, 0.1) is 0 Å². The summed E-state index contributed by atoms with van der Waals surface area (Å²) >= 11 is 0. The highest BCUT2D eigenvalue weighted by atomic mass is 14.1. The van der Waals surface area contributed by atoms with Gasteiger partial charge in [0.15, 0.2) is 0 Å². The van der Waals surface area contributed by atoms with Crippen molar-refractivity contribution in [3.8, 4) is 11.1 Å². The Morgan fingerprint density at radius 2 is 1.50 bits per heavy atom. The van der Waals surface area contributed by atoms with Crippen LogP contribution >= 0.6 is 0 Å². The van der Waals surface area contributed by atoms with E-state index in [0.717, 1.165) is 6.42 Å². The monoisotopic (exact) mass is 156 g/mol. The molecule has 0 heterocycles. The Kier molecular flexibility index (Phi) is 1.83. The fourth-order valence-electron chi connectivity index (χ4n) is 1.48. The van der Waals surface area contributed by atoms with Gasteiger partial charge in [0, 0.05) is 0 Å². The second-order valence-corrected chi connectivity index (χ2v) is 3.04. The van der Waals surface area contributed by atoms with Crippen molar-refractivity contribution in [2.45, 2.75) is 13.3 Å². The van der Waals surface area contributed by atoms with Gasteiger partial charge in [-0.2, -0.15) is 0 Å². The smallest absolute Gasteiger partial charge is 0.0181 e. The standard InChI is InChI=1S/C12H12/c1-2-10-8-11-6-4-3-5-7-12(11)9-10/h3-9H,2H2,1H3. The predicted molar refractivity (Wildman–Crippen MR) is 52.4 cm³/mol. The van der Waals surface area contributed by atoms with Crippen LogP contribution in [0.25, 0.3) is 11.1 Å². The van der Waals surface area contributed by atoms with Crippen LogP contribution in [0, 0.1) is 0 Å². The maximum Gasteiger partial charge on any atom is -0.0181 e. The van der Waals surface area contributed by atoms with E-state index >= 15 is 0 Å². The highest BCUT2D eigenvalue weighted by molar-refractivity contribution is 5.67. The Balaban J connectivity index is 2.61. The fourth-order valence-corrected chi connectivity index (χ4v) is 1.48. The summed E-state index contributed by atoms with van der Waals surface area (Å²) < 4.78 is 0. The van der Waals surface area contributed by atoms with Crippen LogP contribution in [0.15, 0.2) is 42.5 Å². The first-order valence-corrected chi connectivity index (χ1v) is 4.38. The summed E-state index contributed by atoms with van der Waals surface area (Å²) in [6, 6.07) is 15.1. The van der Waals surface area contributed by atoms with Crippen LogP contribution in [-0.2, 0) is 6.42 Å². The average Bonchev–Trinajstić information content (AvgIpc) is 2.37. The van der Waals surface area contributed by atoms with Crippen molar-refractivity contribution in [1.82, 2.24) is 0 Å². The number of hydrogen-bond donors (Lipinski definition) is 0. The molecule has 0 aliphatic heterocycles. The summed E-state index contributed by atoms with van der Waals surface area (Å²) in [5, 5.41) is 0. The molecule has 2 aliphatic rings. The van der Waals surface area contributed by atoms with Crippen LogP contribution in [0.4, 0.5) is 0 Å². The van der Waals surface area contributed by atoms with Crippen molar-refractivity contribution in [3.05, 3.63) is 48.0 Å².